The van der Waals surface area contributed by atoms with Crippen molar-refractivity contribution in [2.45, 2.75) is 58.3 Å². The van der Waals surface area contributed by atoms with E-state index in [1.807, 2.05) is 0 Å². The van der Waals surface area contributed by atoms with Crippen LogP contribution in [0.5, 0.6) is 0 Å². The first-order valence-corrected chi connectivity index (χ1v) is 7.90. The van der Waals surface area contributed by atoms with Crippen LogP contribution in [0.4, 0.5) is 4.79 Å². The second kappa shape index (κ2) is 9.61. The van der Waals surface area contributed by atoms with Crippen LogP contribution in [0.1, 0.15) is 58.3 Å². The maximum atomic E-state index is 11.9. The van der Waals surface area contributed by atoms with Crippen molar-refractivity contribution in [2.24, 2.45) is 5.92 Å². The molecule has 0 aromatic heterocycles. The van der Waals surface area contributed by atoms with Gasteiger partial charge in [0.1, 0.15) is 0 Å². The number of carbonyl (C=O) groups excluding carboxylic acids is 1. The maximum absolute atomic E-state index is 11.9. The maximum Gasteiger partial charge on any atom is 0.317 e. The van der Waals surface area contributed by atoms with Gasteiger partial charge in [0.05, 0.1) is 5.92 Å². The van der Waals surface area contributed by atoms with Gasteiger partial charge in [0.2, 0.25) is 0 Å². The summed E-state index contributed by atoms with van der Waals surface area (Å²) in [6, 6.07) is -0.107. The molecule has 2 amide bonds. The minimum Gasteiger partial charge on any atom is -0.481 e. The van der Waals surface area contributed by atoms with Crippen molar-refractivity contribution >= 4 is 12.0 Å². The van der Waals surface area contributed by atoms with Gasteiger partial charge in [-0.25, -0.2) is 4.79 Å². The number of nitrogens with one attached hydrogen (secondary N) is 1. The zero-order valence-electron chi connectivity index (χ0n) is 12.6. The number of unbranched alkanes of at least 4 members (excludes halogenated alkanes) is 5. The van der Waals surface area contributed by atoms with E-state index in [1.165, 1.54) is 25.7 Å². The van der Waals surface area contributed by atoms with Crippen LogP contribution >= 0.6 is 0 Å². The number of aliphatic carboxylic acids is 1. The number of amides is 2. The van der Waals surface area contributed by atoms with Crippen LogP contribution in [-0.2, 0) is 4.79 Å². The molecule has 1 saturated heterocycles. The number of hydrogen-bond acceptors (Lipinski definition) is 2. The first-order chi connectivity index (χ1) is 9.65. The zero-order chi connectivity index (χ0) is 14.8. The Hall–Kier alpha value is -1.26. The molecule has 1 aliphatic heterocycles. The monoisotopic (exact) mass is 284 g/mol. The minimum absolute atomic E-state index is 0.107. The average Bonchev–Trinajstić information content (AvgIpc) is 2.46. The highest BCUT2D eigenvalue weighted by molar-refractivity contribution is 5.76. The Morgan fingerprint density at radius 2 is 1.90 bits per heavy atom. The topological polar surface area (TPSA) is 69.6 Å². The van der Waals surface area contributed by atoms with E-state index >= 15 is 0 Å². The summed E-state index contributed by atoms with van der Waals surface area (Å²) < 4.78 is 0. The normalized spacial score (nSPS) is 18.9. The highest BCUT2D eigenvalue weighted by atomic mass is 16.4. The first kappa shape index (κ1) is 16.8. The first-order valence-electron chi connectivity index (χ1n) is 7.90. The van der Waals surface area contributed by atoms with E-state index in [-0.39, 0.29) is 6.03 Å². The number of urea groups is 1. The van der Waals surface area contributed by atoms with Gasteiger partial charge in [-0.15, -0.1) is 0 Å². The number of piperidine rings is 1. The summed E-state index contributed by atoms with van der Waals surface area (Å²) in [6.45, 7) is 3.91. The Balaban J connectivity index is 2.11. The molecule has 116 valence electrons. The Morgan fingerprint density at radius 1 is 1.20 bits per heavy atom. The van der Waals surface area contributed by atoms with Crippen molar-refractivity contribution in [3.05, 3.63) is 0 Å². The van der Waals surface area contributed by atoms with Gasteiger partial charge in [0.15, 0.2) is 0 Å². The van der Waals surface area contributed by atoms with Gasteiger partial charge >= 0.3 is 12.0 Å². The second-order valence-corrected chi connectivity index (χ2v) is 5.62. The zero-order valence-corrected chi connectivity index (χ0v) is 12.6. The molecule has 1 fully saturated rings. The van der Waals surface area contributed by atoms with Gasteiger partial charge in [-0.05, 0) is 19.3 Å². The van der Waals surface area contributed by atoms with Crippen LogP contribution in [0.15, 0.2) is 0 Å². The fraction of sp³-hybridized carbons (Fsp3) is 0.867. The van der Waals surface area contributed by atoms with Crippen LogP contribution in [0.2, 0.25) is 0 Å². The average molecular weight is 284 g/mol. The van der Waals surface area contributed by atoms with Gasteiger partial charge in [0, 0.05) is 19.6 Å². The van der Waals surface area contributed by atoms with E-state index in [0.29, 0.717) is 26.1 Å². The fourth-order valence-corrected chi connectivity index (χ4v) is 2.58. The molecular formula is C15H28N2O3. The summed E-state index contributed by atoms with van der Waals surface area (Å²) in [7, 11) is 0. The number of nitrogens with zero attached hydrogens (tertiary/aromatic N) is 1. The van der Waals surface area contributed by atoms with Crippen molar-refractivity contribution in [3.63, 3.8) is 0 Å². The Morgan fingerprint density at radius 3 is 2.60 bits per heavy atom. The van der Waals surface area contributed by atoms with Gasteiger partial charge < -0.3 is 15.3 Å². The summed E-state index contributed by atoms with van der Waals surface area (Å²) in [5, 5.41) is 11.9. The summed E-state index contributed by atoms with van der Waals surface area (Å²) >= 11 is 0. The van der Waals surface area contributed by atoms with Crippen molar-refractivity contribution in [3.8, 4) is 0 Å². The van der Waals surface area contributed by atoms with E-state index in [4.69, 9.17) is 5.11 Å². The predicted octanol–water partition coefficient (Wildman–Crippen LogP) is 2.85. The molecule has 0 aliphatic carbocycles. The molecule has 5 heteroatoms. The smallest absolute Gasteiger partial charge is 0.317 e. The van der Waals surface area contributed by atoms with Gasteiger partial charge in [0.25, 0.3) is 0 Å². The van der Waals surface area contributed by atoms with Crippen molar-refractivity contribution in [1.82, 2.24) is 10.2 Å². The van der Waals surface area contributed by atoms with Crippen LogP contribution in [0, 0.1) is 5.92 Å². The SMILES string of the molecule is CCCCCCCCNC(=O)N1CCC[C@@H](C(=O)O)C1. The number of carbonyl (C=O) groups is 2. The Kier molecular flexibility index (Phi) is 8.07. The Labute approximate surface area is 121 Å². The fourth-order valence-electron chi connectivity index (χ4n) is 2.58. The molecule has 2 N–H and O–H groups in total. The number of rotatable bonds is 8. The van der Waals surface area contributed by atoms with Crippen LogP contribution in [0.25, 0.3) is 0 Å². The van der Waals surface area contributed by atoms with Crippen molar-refractivity contribution in [1.29, 1.82) is 0 Å². The highest BCUT2D eigenvalue weighted by Crippen LogP contribution is 2.16. The summed E-state index contributed by atoms with van der Waals surface area (Å²) in [6.07, 6.45) is 8.65. The standard InChI is InChI=1S/C15H28N2O3/c1-2-3-4-5-6-7-10-16-15(20)17-11-8-9-13(12-17)14(18)19/h13H,2-12H2,1H3,(H,16,20)(H,18,19)/t13-/m1/s1. The van der Waals surface area contributed by atoms with E-state index < -0.39 is 11.9 Å². The predicted molar refractivity (Wildman–Crippen MR) is 78.7 cm³/mol. The van der Waals surface area contributed by atoms with Crippen molar-refractivity contribution in [2.75, 3.05) is 19.6 Å². The van der Waals surface area contributed by atoms with Gasteiger partial charge in [-0.1, -0.05) is 39.0 Å². The van der Waals surface area contributed by atoms with Gasteiger partial charge in [-0.2, -0.15) is 0 Å². The largest absolute Gasteiger partial charge is 0.481 e. The summed E-state index contributed by atoms with van der Waals surface area (Å²) in [4.78, 5) is 24.5. The van der Waals surface area contributed by atoms with Gasteiger partial charge in [-0.3, -0.25) is 4.79 Å². The van der Waals surface area contributed by atoms with Crippen LogP contribution in [0.3, 0.4) is 0 Å². The molecule has 0 spiro atoms. The van der Waals surface area contributed by atoms with E-state index in [2.05, 4.69) is 12.2 Å². The molecule has 1 atom stereocenters. The summed E-state index contributed by atoms with van der Waals surface area (Å²) in [5.41, 5.74) is 0. The molecule has 1 aliphatic rings. The molecule has 1 rings (SSSR count). The molecule has 5 nitrogen and oxygen atoms in total. The lowest BCUT2D eigenvalue weighted by Gasteiger charge is -2.30. The number of carboxylic acids is 1. The number of carboxylic acid groups (broad SMARTS) is 1. The molecule has 0 radical (unpaired) electrons. The minimum atomic E-state index is -0.793. The molecule has 0 saturated carbocycles. The molecule has 0 unspecified atom stereocenters. The molecule has 0 aromatic carbocycles. The lowest BCUT2D eigenvalue weighted by Crippen LogP contribution is -2.47. The van der Waals surface area contributed by atoms with E-state index in [0.717, 1.165) is 19.3 Å². The molecule has 0 bridgehead atoms. The van der Waals surface area contributed by atoms with Crippen LogP contribution < -0.4 is 5.32 Å². The third-order valence-electron chi connectivity index (χ3n) is 3.86. The third kappa shape index (κ3) is 6.26. The Bertz CT molecular complexity index is 307. The molecule has 1 heterocycles. The molecule has 0 aromatic rings. The molecular weight excluding hydrogens is 256 g/mol. The van der Waals surface area contributed by atoms with E-state index in [1.54, 1.807) is 4.90 Å². The second-order valence-electron chi connectivity index (χ2n) is 5.62. The molecule has 20 heavy (non-hydrogen) atoms. The van der Waals surface area contributed by atoms with Crippen molar-refractivity contribution < 1.29 is 14.7 Å². The highest BCUT2D eigenvalue weighted by Gasteiger charge is 2.27. The van der Waals surface area contributed by atoms with E-state index in [9.17, 15) is 9.59 Å². The third-order valence-corrected chi connectivity index (χ3v) is 3.86. The van der Waals surface area contributed by atoms with Crippen LogP contribution in [-0.4, -0.2) is 41.6 Å². The lowest BCUT2D eigenvalue weighted by molar-refractivity contribution is -0.143. The lowest BCUT2D eigenvalue weighted by atomic mass is 9.99. The number of hydrogen-bond donors (Lipinski definition) is 2. The number of likely N-dealkylation sites (tertiary alicyclic amines) is 1. The quantitative estimate of drug-likeness (QED) is 0.673. The summed E-state index contributed by atoms with van der Waals surface area (Å²) in [5.74, 6) is -1.19.